The minimum Gasteiger partial charge on any atom is -0.505 e. The molecule has 1 amide bonds. The van der Waals surface area contributed by atoms with Gasteiger partial charge in [0.2, 0.25) is 0 Å². The number of likely N-dealkylation sites (tertiary alicyclic amines) is 1. The van der Waals surface area contributed by atoms with Crippen molar-refractivity contribution in [1.82, 2.24) is 14.3 Å². The molecule has 0 bridgehead atoms. The van der Waals surface area contributed by atoms with E-state index in [-0.39, 0.29) is 23.4 Å². The molecule has 7 nitrogen and oxygen atoms in total. The maximum atomic E-state index is 14.8. The third kappa shape index (κ3) is 3.48. The Labute approximate surface area is 179 Å². The molecule has 0 unspecified atom stereocenters. The van der Waals surface area contributed by atoms with Crippen molar-refractivity contribution in [3.8, 4) is 0 Å². The summed E-state index contributed by atoms with van der Waals surface area (Å²) in [4.78, 5) is 32.8. The number of aliphatic hydroxyl groups excluding tert-OH is 1. The molecule has 160 valence electrons. The van der Waals surface area contributed by atoms with Crippen molar-refractivity contribution in [2.45, 2.75) is 13.0 Å². The Morgan fingerprint density at radius 3 is 2.58 bits per heavy atom. The van der Waals surface area contributed by atoms with Crippen LogP contribution in [0.4, 0.5) is 4.39 Å². The Morgan fingerprint density at radius 1 is 1.16 bits per heavy atom. The number of aromatic nitrogens is 2. The van der Waals surface area contributed by atoms with Gasteiger partial charge in [0.15, 0.2) is 5.76 Å². The molecule has 1 aliphatic rings. The lowest BCUT2D eigenvalue weighted by molar-refractivity contribution is -0.857. The van der Waals surface area contributed by atoms with Gasteiger partial charge in [-0.05, 0) is 25.1 Å². The van der Waals surface area contributed by atoms with Crippen LogP contribution in [0.25, 0.3) is 11.4 Å². The minimum atomic E-state index is -1.02. The molecule has 1 atom stereocenters. The summed E-state index contributed by atoms with van der Waals surface area (Å²) < 4.78 is 16.5. The van der Waals surface area contributed by atoms with Crippen molar-refractivity contribution in [3.63, 3.8) is 0 Å². The second-order valence-electron chi connectivity index (χ2n) is 7.95. The normalized spacial score (nSPS) is 18.5. The van der Waals surface area contributed by atoms with E-state index in [0.717, 1.165) is 4.90 Å². The fraction of sp³-hybridized carbons (Fsp3) is 0.261. The molecule has 8 heteroatoms. The number of benzene rings is 1. The summed E-state index contributed by atoms with van der Waals surface area (Å²) in [5.41, 5.74) is 1.45. The van der Waals surface area contributed by atoms with Gasteiger partial charge >= 0.3 is 0 Å². The van der Waals surface area contributed by atoms with E-state index in [4.69, 9.17) is 0 Å². The number of amides is 1. The van der Waals surface area contributed by atoms with E-state index in [1.807, 2.05) is 20.2 Å². The third-order valence-electron chi connectivity index (χ3n) is 5.52. The van der Waals surface area contributed by atoms with E-state index in [0.29, 0.717) is 23.6 Å². The summed E-state index contributed by atoms with van der Waals surface area (Å²) in [5, 5.41) is 11.3. The molecular formula is C23H24FN4O3+. The number of carbonyl (C=O) groups excluding carboxylic acids is 2. The Hall–Kier alpha value is -3.52. The summed E-state index contributed by atoms with van der Waals surface area (Å²) in [6, 6.07) is 10.4. The number of hydrogen-bond donors (Lipinski definition) is 2. The summed E-state index contributed by atoms with van der Waals surface area (Å²) in [5.74, 6) is -2.48. The number of aliphatic hydroxyl groups is 1. The standard InChI is InChI=1S/C23H23FN4O3/c1-14-19(27-11-7-6-10-17(27)25-14)21(29)18-20(15-8-4-5-9-16(15)24)28(13-12-26(2)3)23(31)22(18)30/h4-11,20,29H,12-13H2,1-3H3/p+1/t20-/m1/s1. The van der Waals surface area contributed by atoms with Gasteiger partial charge in [0, 0.05) is 11.8 Å². The number of carbonyl (C=O) groups is 2. The molecule has 1 fully saturated rings. The van der Waals surface area contributed by atoms with Gasteiger partial charge in [-0.2, -0.15) is 0 Å². The second-order valence-corrected chi connectivity index (χ2v) is 7.95. The molecule has 1 aliphatic heterocycles. The number of nitrogens with one attached hydrogen (secondary N) is 1. The van der Waals surface area contributed by atoms with Crippen LogP contribution in [-0.4, -0.2) is 58.3 Å². The van der Waals surface area contributed by atoms with Crippen molar-refractivity contribution in [2.24, 2.45) is 0 Å². The fourth-order valence-electron chi connectivity index (χ4n) is 4.00. The monoisotopic (exact) mass is 423 g/mol. The van der Waals surface area contributed by atoms with Crippen molar-refractivity contribution < 1.29 is 24.0 Å². The maximum absolute atomic E-state index is 14.8. The number of rotatable bonds is 5. The van der Waals surface area contributed by atoms with Crippen LogP contribution in [-0.2, 0) is 9.59 Å². The molecule has 3 aromatic rings. The van der Waals surface area contributed by atoms with Crippen LogP contribution in [0.15, 0.2) is 54.2 Å². The Kier molecular flexibility index (Phi) is 5.32. The Balaban J connectivity index is 1.95. The maximum Gasteiger partial charge on any atom is 0.295 e. The lowest BCUT2D eigenvalue weighted by Gasteiger charge is -2.25. The van der Waals surface area contributed by atoms with Gasteiger partial charge in [0.25, 0.3) is 11.7 Å². The van der Waals surface area contributed by atoms with Crippen LogP contribution in [0.1, 0.15) is 23.0 Å². The molecule has 4 rings (SSSR count). The molecule has 1 aromatic carbocycles. The number of halogens is 1. The number of aryl methyl sites for hydroxylation is 1. The van der Waals surface area contributed by atoms with Gasteiger partial charge < -0.3 is 14.9 Å². The average Bonchev–Trinajstić information content (AvgIpc) is 3.20. The van der Waals surface area contributed by atoms with Gasteiger partial charge in [-0.1, -0.05) is 24.3 Å². The van der Waals surface area contributed by atoms with Gasteiger partial charge in [-0.15, -0.1) is 0 Å². The number of likely N-dealkylation sites (N-methyl/N-ethyl adjacent to an activating group) is 1. The fourth-order valence-corrected chi connectivity index (χ4v) is 4.00. The molecule has 0 aliphatic carbocycles. The number of pyridine rings is 1. The molecule has 1 saturated heterocycles. The first-order valence-corrected chi connectivity index (χ1v) is 10.1. The van der Waals surface area contributed by atoms with Crippen molar-refractivity contribution in [2.75, 3.05) is 27.2 Å². The number of hydrogen-bond acceptors (Lipinski definition) is 4. The molecular weight excluding hydrogens is 399 g/mol. The zero-order chi connectivity index (χ0) is 22.3. The summed E-state index contributed by atoms with van der Waals surface area (Å²) in [7, 11) is 3.85. The highest BCUT2D eigenvalue weighted by Gasteiger charge is 2.47. The highest BCUT2D eigenvalue weighted by molar-refractivity contribution is 6.46. The summed E-state index contributed by atoms with van der Waals surface area (Å²) in [6.45, 7) is 2.52. The smallest absolute Gasteiger partial charge is 0.295 e. The largest absolute Gasteiger partial charge is 0.505 e. The van der Waals surface area contributed by atoms with E-state index < -0.39 is 23.5 Å². The molecule has 0 radical (unpaired) electrons. The highest BCUT2D eigenvalue weighted by Crippen LogP contribution is 2.40. The third-order valence-corrected chi connectivity index (χ3v) is 5.52. The molecule has 2 N–H and O–H groups in total. The Bertz CT molecular complexity index is 1210. The van der Waals surface area contributed by atoms with Crippen LogP contribution in [0.3, 0.4) is 0 Å². The number of Topliss-reactive ketones (excluding diaryl/α,β-unsaturated/α-hetero) is 1. The minimum absolute atomic E-state index is 0.127. The highest BCUT2D eigenvalue weighted by atomic mass is 19.1. The van der Waals surface area contributed by atoms with E-state index in [1.165, 1.54) is 17.0 Å². The van der Waals surface area contributed by atoms with E-state index in [2.05, 4.69) is 4.98 Å². The van der Waals surface area contributed by atoms with Crippen LogP contribution < -0.4 is 4.90 Å². The van der Waals surface area contributed by atoms with Gasteiger partial charge in [0.05, 0.1) is 44.5 Å². The lowest BCUT2D eigenvalue weighted by atomic mass is 9.96. The lowest BCUT2D eigenvalue weighted by Crippen LogP contribution is -3.06. The van der Waals surface area contributed by atoms with E-state index in [9.17, 15) is 19.1 Å². The first kappa shape index (κ1) is 20.7. The zero-order valence-corrected chi connectivity index (χ0v) is 17.6. The number of fused-ring (bicyclic) bond motifs is 1. The number of ketones is 1. The van der Waals surface area contributed by atoms with Crippen LogP contribution in [0.5, 0.6) is 0 Å². The van der Waals surface area contributed by atoms with E-state index in [1.54, 1.807) is 41.8 Å². The topological polar surface area (TPSA) is 79.3 Å². The van der Waals surface area contributed by atoms with Crippen molar-refractivity contribution in [3.05, 3.63) is 77.0 Å². The molecule has 0 spiro atoms. The van der Waals surface area contributed by atoms with Crippen LogP contribution in [0, 0.1) is 12.7 Å². The Morgan fingerprint density at radius 2 is 1.87 bits per heavy atom. The van der Waals surface area contributed by atoms with Crippen LogP contribution >= 0.6 is 0 Å². The van der Waals surface area contributed by atoms with Gasteiger partial charge in [-0.3, -0.25) is 14.0 Å². The average molecular weight is 423 g/mol. The van der Waals surface area contributed by atoms with Gasteiger partial charge in [-0.25, -0.2) is 9.37 Å². The molecule has 31 heavy (non-hydrogen) atoms. The van der Waals surface area contributed by atoms with Crippen molar-refractivity contribution in [1.29, 1.82) is 0 Å². The molecule has 3 heterocycles. The predicted octanol–water partition coefficient (Wildman–Crippen LogP) is 1.35. The first-order chi connectivity index (χ1) is 14.8. The predicted molar refractivity (Wildman–Crippen MR) is 113 cm³/mol. The summed E-state index contributed by atoms with van der Waals surface area (Å²) in [6.07, 6.45) is 1.72. The van der Waals surface area contributed by atoms with Crippen molar-refractivity contribution >= 4 is 23.1 Å². The quantitative estimate of drug-likeness (QED) is 0.369. The number of imidazole rings is 1. The zero-order valence-electron chi connectivity index (χ0n) is 17.6. The van der Waals surface area contributed by atoms with E-state index >= 15 is 0 Å². The first-order valence-electron chi connectivity index (χ1n) is 10.1. The van der Waals surface area contributed by atoms with Gasteiger partial charge in [0.1, 0.15) is 17.2 Å². The van der Waals surface area contributed by atoms with Crippen LogP contribution in [0.2, 0.25) is 0 Å². The molecule has 2 aromatic heterocycles. The second kappa shape index (κ2) is 7.96. The number of quaternary nitrogens is 1. The summed E-state index contributed by atoms with van der Waals surface area (Å²) >= 11 is 0. The SMILES string of the molecule is Cc1nc2ccccn2c1C(O)=C1C(=O)C(=O)N(CC[NH+](C)C)[C@@H]1c1ccccc1F. The number of nitrogens with zero attached hydrogens (tertiary/aromatic N) is 3. The molecule has 0 saturated carbocycles.